The van der Waals surface area contributed by atoms with E-state index in [1.54, 1.807) is 18.2 Å². The van der Waals surface area contributed by atoms with Gasteiger partial charge in [0, 0.05) is 6.54 Å². The van der Waals surface area contributed by atoms with E-state index in [4.69, 9.17) is 4.74 Å². The van der Waals surface area contributed by atoms with Crippen LogP contribution in [0.3, 0.4) is 0 Å². The van der Waals surface area contributed by atoms with Crippen molar-refractivity contribution in [2.24, 2.45) is 0 Å². The van der Waals surface area contributed by atoms with Crippen molar-refractivity contribution in [3.8, 4) is 5.75 Å². The van der Waals surface area contributed by atoms with Crippen LogP contribution in [0.4, 0.5) is 0 Å². The summed E-state index contributed by atoms with van der Waals surface area (Å²) in [4.78, 5) is 11.7. The molecule has 0 radical (unpaired) electrons. The molecule has 0 spiro atoms. The van der Waals surface area contributed by atoms with Crippen molar-refractivity contribution in [2.45, 2.75) is 17.4 Å². The Morgan fingerprint density at radius 2 is 1.83 bits per heavy atom. The highest BCUT2D eigenvalue weighted by Crippen LogP contribution is 2.34. The van der Waals surface area contributed by atoms with Crippen LogP contribution in [0.25, 0.3) is 0 Å². The van der Waals surface area contributed by atoms with Gasteiger partial charge >= 0.3 is 0 Å². The lowest BCUT2D eigenvalue weighted by Crippen LogP contribution is -2.47. The minimum Gasteiger partial charge on any atom is -0.548 e. The first-order valence-corrected chi connectivity index (χ1v) is 8.83. The number of hydrogen-bond acceptors (Lipinski definition) is 5. The molecule has 0 fully saturated rings. The van der Waals surface area contributed by atoms with Crippen LogP contribution in [0, 0.1) is 0 Å². The number of aliphatic carboxylic acids is 1. The molecule has 1 unspecified atom stereocenters. The molecular weight excluding hydrogens is 330 g/mol. The zero-order chi connectivity index (χ0) is 17.3. The van der Waals surface area contributed by atoms with Crippen LogP contribution in [0.15, 0.2) is 53.4 Å². The van der Waals surface area contributed by atoms with Gasteiger partial charge in [-0.2, -0.15) is 4.31 Å². The molecule has 1 aliphatic rings. The SMILES string of the molecule is COc1ccc(S(=O)(=O)N2CCc3ccccc3C2C(=O)[O-])cc1. The van der Waals surface area contributed by atoms with E-state index in [2.05, 4.69) is 0 Å². The van der Waals surface area contributed by atoms with Gasteiger partial charge in [0.05, 0.1) is 24.0 Å². The molecule has 6 nitrogen and oxygen atoms in total. The summed E-state index contributed by atoms with van der Waals surface area (Å²) < 4.78 is 31.8. The van der Waals surface area contributed by atoms with Crippen LogP contribution < -0.4 is 9.84 Å². The van der Waals surface area contributed by atoms with Crippen LogP contribution in [-0.2, 0) is 21.2 Å². The maximum absolute atomic E-state index is 12.9. The van der Waals surface area contributed by atoms with Gasteiger partial charge < -0.3 is 14.6 Å². The first kappa shape index (κ1) is 16.5. The van der Waals surface area contributed by atoms with Crippen molar-refractivity contribution < 1.29 is 23.1 Å². The van der Waals surface area contributed by atoms with Crippen molar-refractivity contribution in [1.29, 1.82) is 0 Å². The zero-order valence-corrected chi connectivity index (χ0v) is 13.8. The van der Waals surface area contributed by atoms with Gasteiger partial charge in [-0.3, -0.25) is 0 Å². The molecule has 0 saturated heterocycles. The fraction of sp³-hybridized carbons (Fsp3) is 0.235. The second-order valence-corrected chi connectivity index (χ2v) is 7.35. The summed E-state index contributed by atoms with van der Waals surface area (Å²) in [7, 11) is -2.48. The maximum atomic E-state index is 12.9. The molecule has 1 atom stereocenters. The second-order valence-electron chi connectivity index (χ2n) is 5.46. The van der Waals surface area contributed by atoms with Gasteiger partial charge in [0.25, 0.3) is 0 Å². The van der Waals surface area contributed by atoms with Crippen LogP contribution in [-0.4, -0.2) is 32.3 Å². The molecule has 0 amide bonds. The van der Waals surface area contributed by atoms with E-state index in [9.17, 15) is 18.3 Å². The summed E-state index contributed by atoms with van der Waals surface area (Å²) in [5, 5.41) is 11.7. The first-order chi connectivity index (χ1) is 11.4. The number of rotatable bonds is 4. The van der Waals surface area contributed by atoms with Crippen LogP contribution in [0.1, 0.15) is 17.2 Å². The fourth-order valence-corrected chi connectivity index (χ4v) is 4.49. The van der Waals surface area contributed by atoms with E-state index in [1.807, 2.05) is 6.07 Å². The molecule has 0 N–H and O–H groups in total. The predicted octanol–water partition coefficient (Wildman–Crippen LogP) is 0.733. The van der Waals surface area contributed by atoms with Crippen molar-refractivity contribution in [1.82, 2.24) is 4.31 Å². The minimum atomic E-state index is -3.97. The minimum absolute atomic E-state index is 0.0222. The summed E-state index contributed by atoms with van der Waals surface area (Å²) in [6.07, 6.45) is 0.454. The lowest BCUT2D eigenvalue weighted by molar-refractivity contribution is -0.311. The lowest BCUT2D eigenvalue weighted by atomic mass is 9.94. The van der Waals surface area contributed by atoms with Crippen molar-refractivity contribution in [3.63, 3.8) is 0 Å². The number of fused-ring (bicyclic) bond motifs is 1. The number of ether oxygens (including phenoxy) is 1. The number of carbonyl (C=O) groups excluding carboxylic acids is 1. The standard InChI is InChI=1S/C17H17NO5S/c1-23-13-6-8-14(9-7-13)24(21,22)18-11-10-12-4-2-3-5-15(12)16(18)17(19)20/h2-9,16H,10-11H2,1H3,(H,19,20)/p-1. The fourth-order valence-electron chi connectivity index (χ4n) is 2.93. The largest absolute Gasteiger partial charge is 0.548 e. The van der Waals surface area contributed by atoms with E-state index in [1.165, 1.54) is 31.4 Å². The highest BCUT2D eigenvalue weighted by molar-refractivity contribution is 7.89. The average molecular weight is 346 g/mol. The van der Waals surface area contributed by atoms with Crippen molar-refractivity contribution in [3.05, 3.63) is 59.7 Å². The number of carboxylic acid groups (broad SMARTS) is 1. The lowest BCUT2D eigenvalue weighted by Gasteiger charge is -2.36. The Kier molecular flexibility index (Phi) is 4.29. The normalized spacial score (nSPS) is 18.0. The third-order valence-corrected chi connectivity index (χ3v) is 6.01. The zero-order valence-electron chi connectivity index (χ0n) is 13.0. The molecule has 1 aliphatic heterocycles. The van der Waals surface area contributed by atoms with Gasteiger partial charge in [0.15, 0.2) is 0 Å². The Morgan fingerprint density at radius 1 is 1.17 bits per heavy atom. The van der Waals surface area contributed by atoms with E-state index in [-0.39, 0.29) is 11.4 Å². The van der Waals surface area contributed by atoms with Gasteiger partial charge in [0.2, 0.25) is 10.0 Å². The molecule has 0 aromatic heterocycles. The van der Waals surface area contributed by atoms with Crippen molar-refractivity contribution >= 4 is 16.0 Å². The molecule has 0 bridgehead atoms. The molecular formula is C17H16NO5S-. The van der Waals surface area contributed by atoms with Crippen LogP contribution >= 0.6 is 0 Å². The molecule has 2 aromatic rings. The number of sulfonamides is 1. The average Bonchev–Trinajstić information content (AvgIpc) is 2.60. The second kappa shape index (κ2) is 6.26. The molecule has 0 aliphatic carbocycles. The maximum Gasteiger partial charge on any atom is 0.243 e. The number of benzene rings is 2. The molecule has 24 heavy (non-hydrogen) atoms. The van der Waals surface area contributed by atoms with E-state index in [0.717, 1.165) is 9.87 Å². The number of carboxylic acids is 1. The third-order valence-electron chi connectivity index (χ3n) is 4.13. The van der Waals surface area contributed by atoms with Crippen molar-refractivity contribution in [2.75, 3.05) is 13.7 Å². The highest BCUT2D eigenvalue weighted by Gasteiger charge is 2.37. The smallest absolute Gasteiger partial charge is 0.243 e. The summed E-state index contributed by atoms with van der Waals surface area (Å²) in [5.41, 5.74) is 1.29. The molecule has 0 saturated carbocycles. The molecule has 1 heterocycles. The van der Waals surface area contributed by atoms with E-state index >= 15 is 0 Å². The molecule has 126 valence electrons. The quantitative estimate of drug-likeness (QED) is 0.815. The van der Waals surface area contributed by atoms with Crippen LogP contribution in [0.5, 0.6) is 5.75 Å². The predicted molar refractivity (Wildman–Crippen MR) is 84.8 cm³/mol. The highest BCUT2D eigenvalue weighted by atomic mass is 32.2. The number of methoxy groups -OCH3 is 1. The Balaban J connectivity index is 2.05. The van der Waals surface area contributed by atoms with Crippen LogP contribution in [0.2, 0.25) is 0 Å². The Morgan fingerprint density at radius 3 is 2.46 bits per heavy atom. The van der Waals surface area contributed by atoms with E-state index < -0.39 is 22.0 Å². The first-order valence-electron chi connectivity index (χ1n) is 7.39. The summed E-state index contributed by atoms with van der Waals surface area (Å²) >= 11 is 0. The number of carbonyl (C=O) groups is 1. The summed E-state index contributed by atoms with van der Waals surface area (Å²) in [6, 6.07) is 11.5. The molecule has 7 heteroatoms. The third kappa shape index (κ3) is 2.76. The Hall–Kier alpha value is -2.38. The van der Waals surface area contributed by atoms with Gasteiger partial charge in [-0.15, -0.1) is 0 Å². The van der Waals surface area contributed by atoms with E-state index in [0.29, 0.717) is 17.7 Å². The van der Waals surface area contributed by atoms with Gasteiger partial charge in [-0.1, -0.05) is 24.3 Å². The Labute approximate surface area is 140 Å². The van der Waals surface area contributed by atoms with Gasteiger partial charge in [-0.25, -0.2) is 8.42 Å². The molecule has 2 aromatic carbocycles. The summed E-state index contributed by atoms with van der Waals surface area (Å²) in [5.74, 6) is -0.909. The number of hydrogen-bond donors (Lipinski definition) is 0. The topological polar surface area (TPSA) is 86.7 Å². The number of nitrogens with zero attached hydrogens (tertiary/aromatic N) is 1. The van der Waals surface area contributed by atoms with Gasteiger partial charge in [-0.05, 0) is 41.8 Å². The molecule has 3 rings (SSSR count). The van der Waals surface area contributed by atoms with Gasteiger partial charge in [0.1, 0.15) is 5.75 Å². The monoisotopic (exact) mass is 346 g/mol. The Bertz CT molecular complexity index is 861. The summed E-state index contributed by atoms with van der Waals surface area (Å²) in [6.45, 7) is 0.0873.